The predicted octanol–water partition coefficient (Wildman–Crippen LogP) is 6.94. The van der Waals surface area contributed by atoms with Gasteiger partial charge in [-0.05, 0) is 43.2 Å². The van der Waals surface area contributed by atoms with Crippen LogP contribution < -0.4 is 4.90 Å². The van der Waals surface area contributed by atoms with Gasteiger partial charge in [-0.15, -0.1) is 11.8 Å². The molecule has 0 fully saturated rings. The summed E-state index contributed by atoms with van der Waals surface area (Å²) in [5.41, 5.74) is 1.67. The summed E-state index contributed by atoms with van der Waals surface area (Å²) in [5.74, 6) is 0.866. The molecule has 1 aliphatic rings. The Morgan fingerprint density at radius 2 is 1.68 bits per heavy atom. The predicted molar refractivity (Wildman–Crippen MR) is 132 cm³/mol. The lowest BCUT2D eigenvalue weighted by molar-refractivity contribution is 0.410. The minimum absolute atomic E-state index is 0.0592. The first-order chi connectivity index (χ1) is 14.9. The molecule has 0 bridgehead atoms. The van der Waals surface area contributed by atoms with Gasteiger partial charge in [-0.3, -0.25) is 0 Å². The lowest BCUT2D eigenvalue weighted by atomic mass is 9.91. The largest absolute Gasteiger partial charge is 0.507 e. The first kappa shape index (κ1) is 24.0. The average molecular weight is 462 g/mol. The molecule has 0 radical (unpaired) electrons. The molecule has 2 aromatic carbocycles. The minimum atomic E-state index is -3.63. The Hall–Kier alpha value is -1.66. The van der Waals surface area contributed by atoms with Crippen molar-refractivity contribution in [2.75, 3.05) is 17.2 Å². The molecule has 1 N–H and O–H groups in total. The Balaban J connectivity index is 2.24. The zero-order chi connectivity index (χ0) is 22.5. The maximum atomic E-state index is 14.2. The number of para-hydroxylation sites is 1. The molecule has 1 heterocycles. The molecule has 0 aliphatic carbocycles. The fraction of sp³-hybridized carbons (Fsp3) is 0.520. The van der Waals surface area contributed by atoms with Crippen molar-refractivity contribution in [1.82, 2.24) is 0 Å². The fourth-order valence-corrected chi connectivity index (χ4v) is 7.63. The van der Waals surface area contributed by atoms with Crippen LogP contribution in [0.1, 0.15) is 65.7 Å². The first-order valence-electron chi connectivity index (χ1n) is 11.5. The zero-order valence-corrected chi connectivity index (χ0v) is 20.6. The van der Waals surface area contributed by atoms with Crippen molar-refractivity contribution in [2.24, 2.45) is 0 Å². The van der Waals surface area contributed by atoms with Gasteiger partial charge in [-0.25, -0.2) is 8.42 Å². The van der Waals surface area contributed by atoms with Gasteiger partial charge >= 0.3 is 0 Å². The van der Waals surface area contributed by atoms with Crippen LogP contribution in [0.2, 0.25) is 0 Å². The second-order valence-corrected chi connectivity index (χ2v) is 12.0. The smallest absolute Gasteiger partial charge is 0.186 e. The van der Waals surface area contributed by atoms with E-state index in [1.165, 1.54) is 17.8 Å². The second kappa shape index (κ2) is 10.3. The number of sulfone groups is 1. The number of nitrogens with zero attached hydrogens (tertiary/aromatic N) is 1. The number of hydrogen-bond donors (Lipinski definition) is 1. The summed E-state index contributed by atoms with van der Waals surface area (Å²) in [7, 11) is -3.63. The normalized spacial score (nSPS) is 17.2. The maximum absolute atomic E-state index is 14.2. The maximum Gasteiger partial charge on any atom is 0.186 e. The van der Waals surface area contributed by atoms with E-state index >= 15 is 0 Å². The van der Waals surface area contributed by atoms with Crippen molar-refractivity contribution in [1.29, 1.82) is 0 Å². The highest BCUT2D eigenvalue weighted by atomic mass is 32.2. The summed E-state index contributed by atoms with van der Waals surface area (Å²) in [6, 6.07) is 13.4. The molecule has 6 heteroatoms. The molecule has 0 atom stereocenters. The summed E-state index contributed by atoms with van der Waals surface area (Å²) in [5, 5.41) is 10.7. The fourth-order valence-electron chi connectivity index (χ4n) is 4.56. The van der Waals surface area contributed by atoms with Gasteiger partial charge in [-0.1, -0.05) is 64.7 Å². The molecule has 0 spiro atoms. The van der Waals surface area contributed by atoms with Crippen LogP contribution in [-0.4, -0.2) is 30.6 Å². The van der Waals surface area contributed by atoms with Gasteiger partial charge in [0.25, 0.3) is 0 Å². The molecule has 3 rings (SSSR count). The van der Waals surface area contributed by atoms with E-state index in [0.29, 0.717) is 31.5 Å². The van der Waals surface area contributed by atoms with Crippen LogP contribution in [0.3, 0.4) is 0 Å². The monoisotopic (exact) mass is 461 g/mol. The average Bonchev–Trinajstić information content (AvgIpc) is 2.85. The van der Waals surface area contributed by atoms with Gasteiger partial charge in [0, 0.05) is 18.3 Å². The highest BCUT2D eigenvalue weighted by molar-refractivity contribution is 7.99. The van der Waals surface area contributed by atoms with Crippen molar-refractivity contribution in [2.45, 2.75) is 80.3 Å². The van der Waals surface area contributed by atoms with Crippen molar-refractivity contribution in [3.63, 3.8) is 0 Å². The van der Waals surface area contributed by atoms with Crippen LogP contribution in [0.15, 0.2) is 52.3 Å². The lowest BCUT2D eigenvalue weighted by Gasteiger charge is -2.32. The molecule has 0 amide bonds. The highest BCUT2D eigenvalue weighted by Crippen LogP contribution is 2.49. The summed E-state index contributed by atoms with van der Waals surface area (Å²) >= 11 is 1.54. The third-order valence-electron chi connectivity index (χ3n) is 6.32. The Morgan fingerprint density at radius 3 is 2.26 bits per heavy atom. The molecule has 0 aromatic heterocycles. The minimum Gasteiger partial charge on any atom is -0.507 e. The summed E-state index contributed by atoms with van der Waals surface area (Å²) in [6.45, 7) is 6.90. The summed E-state index contributed by atoms with van der Waals surface area (Å²) in [6.07, 6.45) is 5.64. The van der Waals surface area contributed by atoms with Crippen molar-refractivity contribution in [3.8, 4) is 5.75 Å². The number of hydrogen-bond acceptors (Lipinski definition) is 5. The topological polar surface area (TPSA) is 57.6 Å². The number of thioether (sulfide) groups is 1. The number of fused-ring (bicyclic) bond motifs is 1. The number of phenols is 1. The molecule has 4 nitrogen and oxygen atoms in total. The zero-order valence-electron chi connectivity index (χ0n) is 18.9. The first-order valence-corrected chi connectivity index (χ1v) is 13.9. The molecule has 0 unspecified atom stereocenters. The standard InChI is InChI=1S/C25H35NO3S2/c1-4-7-14-25(15-8-5-2)16-17-26(20-12-10-9-11-13-20)21-18-23(30-6-3)22(27)19-24(21)31(25,28)29/h9-13,18-19,27H,4-8,14-17H2,1-3H3. The van der Waals surface area contributed by atoms with E-state index in [1.807, 2.05) is 43.3 Å². The second-order valence-electron chi connectivity index (χ2n) is 8.35. The van der Waals surface area contributed by atoms with E-state index in [4.69, 9.17) is 0 Å². The molecule has 2 aromatic rings. The van der Waals surface area contributed by atoms with Gasteiger partial charge in [0.15, 0.2) is 9.84 Å². The van der Waals surface area contributed by atoms with Crippen LogP contribution in [0.4, 0.5) is 11.4 Å². The molecular formula is C25H35NO3S2. The highest BCUT2D eigenvalue weighted by Gasteiger charge is 2.47. The molecule has 170 valence electrons. The molecule has 0 saturated heterocycles. The van der Waals surface area contributed by atoms with Crippen LogP contribution in [0.25, 0.3) is 0 Å². The summed E-state index contributed by atoms with van der Waals surface area (Å²) in [4.78, 5) is 3.14. The summed E-state index contributed by atoms with van der Waals surface area (Å²) < 4.78 is 27.6. The molecule has 1 aliphatic heterocycles. The van der Waals surface area contributed by atoms with Crippen LogP contribution in [-0.2, 0) is 9.84 Å². The lowest BCUT2D eigenvalue weighted by Crippen LogP contribution is -2.39. The quantitative estimate of drug-likeness (QED) is 0.410. The van der Waals surface area contributed by atoms with Crippen molar-refractivity contribution in [3.05, 3.63) is 42.5 Å². The van der Waals surface area contributed by atoms with E-state index in [1.54, 1.807) is 0 Å². The van der Waals surface area contributed by atoms with Crippen LogP contribution in [0, 0.1) is 0 Å². The van der Waals surface area contributed by atoms with Gasteiger partial charge < -0.3 is 10.0 Å². The van der Waals surface area contributed by atoms with Gasteiger partial charge in [0.1, 0.15) is 5.75 Å². The van der Waals surface area contributed by atoms with E-state index in [9.17, 15) is 13.5 Å². The third-order valence-corrected chi connectivity index (χ3v) is 9.91. The van der Waals surface area contributed by atoms with Gasteiger partial charge in [-0.2, -0.15) is 0 Å². The molecule has 31 heavy (non-hydrogen) atoms. The Kier molecular flexibility index (Phi) is 7.98. The van der Waals surface area contributed by atoms with Gasteiger partial charge in [0.05, 0.1) is 20.2 Å². The van der Waals surface area contributed by atoms with Crippen molar-refractivity contribution >= 4 is 33.0 Å². The van der Waals surface area contributed by atoms with E-state index < -0.39 is 14.6 Å². The Morgan fingerprint density at radius 1 is 1.03 bits per heavy atom. The molecule has 0 saturated carbocycles. The van der Waals surface area contributed by atoms with E-state index in [0.717, 1.165) is 42.0 Å². The Bertz CT molecular complexity index is 966. The third kappa shape index (κ3) is 4.75. The van der Waals surface area contributed by atoms with E-state index in [2.05, 4.69) is 18.7 Å². The van der Waals surface area contributed by atoms with Crippen molar-refractivity contribution < 1.29 is 13.5 Å². The number of unbranched alkanes of at least 4 members (excludes halogenated alkanes) is 2. The number of benzene rings is 2. The van der Waals surface area contributed by atoms with Gasteiger partial charge in [0.2, 0.25) is 0 Å². The Labute approximate surface area is 192 Å². The number of aromatic hydroxyl groups is 1. The molecular weight excluding hydrogens is 426 g/mol. The van der Waals surface area contributed by atoms with Crippen LogP contribution in [0.5, 0.6) is 5.75 Å². The van der Waals surface area contributed by atoms with Crippen LogP contribution >= 0.6 is 11.8 Å². The number of rotatable bonds is 9. The number of anilines is 2. The number of phenolic OH excluding ortho intramolecular Hbond substituents is 1. The SMILES string of the molecule is CCCCC1(CCCC)CCN(c2ccccc2)c2cc(SCC)c(O)cc2S1(=O)=O. The van der Waals surface area contributed by atoms with E-state index in [-0.39, 0.29) is 10.6 Å².